The number of hydrogen-bond donors (Lipinski definition) is 1. The molecular weight excluding hydrogens is 238 g/mol. The first-order chi connectivity index (χ1) is 9.31. The van der Waals surface area contributed by atoms with Gasteiger partial charge in [0.2, 0.25) is 0 Å². The lowest BCUT2D eigenvalue weighted by atomic mass is 10.1. The van der Waals surface area contributed by atoms with Gasteiger partial charge < -0.3 is 14.4 Å². The lowest BCUT2D eigenvalue weighted by Gasteiger charge is -2.14. The molecule has 2 aromatic rings. The lowest BCUT2D eigenvalue weighted by Crippen LogP contribution is -2.24. The van der Waals surface area contributed by atoms with Crippen molar-refractivity contribution in [3.63, 3.8) is 0 Å². The van der Waals surface area contributed by atoms with Gasteiger partial charge in [0, 0.05) is 25.0 Å². The Morgan fingerprint density at radius 1 is 1.32 bits per heavy atom. The number of nitrogens with zero attached hydrogens (tertiary/aromatic N) is 1. The number of rotatable bonds is 3. The Hall–Kier alpha value is -1.32. The summed E-state index contributed by atoms with van der Waals surface area (Å²) in [6.07, 6.45) is 3.56. The van der Waals surface area contributed by atoms with Gasteiger partial charge >= 0.3 is 0 Å². The normalized spacial score (nSPS) is 19.4. The molecule has 3 nitrogen and oxygen atoms in total. The van der Waals surface area contributed by atoms with Crippen LogP contribution in [0.15, 0.2) is 34.9 Å². The van der Waals surface area contributed by atoms with Crippen molar-refractivity contribution in [2.75, 3.05) is 19.6 Å². The highest BCUT2D eigenvalue weighted by Gasteiger charge is 2.19. The first-order valence-corrected chi connectivity index (χ1v) is 7.18. The van der Waals surface area contributed by atoms with E-state index in [0.29, 0.717) is 0 Å². The molecule has 19 heavy (non-hydrogen) atoms. The topological polar surface area (TPSA) is 36.6 Å². The van der Waals surface area contributed by atoms with Crippen LogP contribution in [0.1, 0.15) is 25.8 Å². The predicted octanol–water partition coefficient (Wildman–Crippen LogP) is 3.07. The monoisotopic (exact) mass is 261 g/mol. The standard InChI is InChI=1S/C14H17NO2.C2H6/c16-13-4-7-15(10-13)6-3-11-1-2-14-12(9-11)5-8-17-14;1-2/h1-2,5,8-9,13,16H,3-4,6-7,10H2;1-2H3. The maximum atomic E-state index is 9.46. The van der Waals surface area contributed by atoms with Gasteiger partial charge in [-0.05, 0) is 36.6 Å². The molecule has 1 N–H and O–H groups in total. The summed E-state index contributed by atoms with van der Waals surface area (Å²) in [5.41, 5.74) is 2.28. The van der Waals surface area contributed by atoms with Gasteiger partial charge in [0.05, 0.1) is 12.4 Å². The molecule has 2 heterocycles. The maximum Gasteiger partial charge on any atom is 0.133 e. The van der Waals surface area contributed by atoms with Crippen molar-refractivity contribution in [1.29, 1.82) is 0 Å². The Morgan fingerprint density at radius 2 is 2.16 bits per heavy atom. The molecule has 1 aromatic carbocycles. The molecule has 1 fully saturated rings. The number of β-amino-alcohol motifs (C(OH)–C–C–N with tert-alkyl or cyclic N) is 1. The Labute approximate surface area is 114 Å². The molecule has 1 saturated heterocycles. The van der Waals surface area contributed by atoms with E-state index in [1.807, 2.05) is 26.0 Å². The minimum atomic E-state index is -0.119. The number of hydrogen-bond acceptors (Lipinski definition) is 3. The molecule has 3 heteroatoms. The van der Waals surface area contributed by atoms with Crippen LogP contribution in [0.25, 0.3) is 11.0 Å². The van der Waals surface area contributed by atoms with Crippen molar-refractivity contribution in [2.45, 2.75) is 32.8 Å². The van der Waals surface area contributed by atoms with Crippen LogP contribution in [0, 0.1) is 0 Å². The van der Waals surface area contributed by atoms with Crippen molar-refractivity contribution in [1.82, 2.24) is 4.90 Å². The molecule has 1 aliphatic heterocycles. The van der Waals surface area contributed by atoms with Gasteiger partial charge in [-0.2, -0.15) is 0 Å². The van der Waals surface area contributed by atoms with E-state index in [1.54, 1.807) is 6.26 Å². The summed E-state index contributed by atoms with van der Waals surface area (Å²) < 4.78 is 5.32. The molecule has 0 radical (unpaired) electrons. The minimum Gasteiger partial charge on any atom is -0.464 e. The fourth-order valence-electron chi connectivity index (χ4n) is 2.47. The molecule has 1 aliphatic rings. The second-order valence-corrected chi connectivity index (χ2v) is 4.79. The van der Waals surface area contributed by atoms with Crippen molar-refractivity contribution in [3.8, 4) is 0 Å². The Kier molecular flexibility index (Phi) is 5.00. The zero-order chi connectivity index (χ0) is 13.7. The molecular formula is C16H23NO2. The smallest absolute Gasteiger partial charge is 0.133 e. The third-order valence-electron chi connectivity index (χ3n) is 3.48. The van der Waals surface area contributed by atoms with Crippen LogP contribution < -0.4 is 0 Å². The number of likely N-dealkylation sites (tertiary alicyclic amines) is 1. The van der Waals surface area contributed by atoms with Gasteiger partial charge in [-0.15, -0.1) is 0 Å². The van der Waals surface area contributed by atoms with Crippen LogP contribution in [-0.4, -0.2) is 35.7 Å². The van der Waals surface area contributed by atoms with Crippen LogP contribution in [-0.2, 0) is 6.42 Å². The summed E-state index contributed by atoms with van der Waals surface area (Å²) in [6.45, 7) is 6.88. The van der Waals surface area contributed by atoms with Crippen LogP contribution in [0.3, 0.4) is 0 Å². The second kappa shape index (κ2) is 6.73. The van der Waals surface area contributed by atoms with Crippen molar-refractivity contribution in [2.24, 2.45) is 0 Å². The van der Waals surface area contributed by atoms with E-state index < -0.39 is 0 Å². The fraction of sp³-hybridized carbons (Fsp3) is 0.500. The van der Waals surface area contributed by atoms with E-state index in [-0.39, 0.29) is 6.10 Å². The van der Waals surface area contributed by atoms with E-state index in [9.17, 15) is 5.11 Å². The summed E-state index contributed by atoms with van der Waals surface area (Å²) in [5.74, 6) is 0. The van der Waals surface area contributed by atoms with Gasteiger partial charge in [-0.3, -0.25) is 0 Å². The Bertz CT molecular complexity index is 506. The molecule has 1 aromatic heterocycles. The van der Waals surface area contributed by atoms with Crippen LogP contribution in [0.2, 0.25) is 0 Å². The molecule has 0 spiro atoms. The fourth-order valence-corrected chi connectivity index (χ4v) is 2.47. The SMILES string of the molecule is CC.OC1CCN(CCc2ccc3occc3c2)C1. The van der Waals surface area contributed by atoms with Gasteiger partial charge in [0.15, 0.2) is 0 Å². The summed E-state index contributed by atoms with van der Waals surface area (Å²) >= 11 is 0. The lowest BCUT2D eigenvalue weighted by molar-refractivity contribution is 0.177. The average Bonchev–Trinajstić information content (AvgIpc) is 3.06. The zero-order valence-electron chi connectivity index (χ0n) is 11.8. The summed E-state index contributed by atoms with van der Waals surface area (Å²) in [6, 6.07) is 8.34. The second-order valence-electron chi connectivity index (χ2n) is 4.79. The van der Waals surface area contributed by atoms with Crippen LogP contribution in [0.5, 0.6) is 0 Å². The molecule has 104 valence electrons. The molecule has 0 bridgehead atoms. The first kappa shape index (κ1) is 14.1. The van der Waals surface area contributed by atoms with E-state index in [4.69, 9.17) is 4.42 Å². The molecule has 0 saturated carbocycles. The zero-order valence-corrected chi connectivity index (χ0v) is 11.8. The minimum absolute atomic E-state index is 0.119. The first-order valence-electron chi connectivity index (χ1n) is 7.18. The highest BCUT2D eigenvalue weighted by Crippen LogP contribution is 2.18. The molecule has 1 unspecified atom stereocenters. The van der Waals surface area contributed by atoms with Crippen molar-refractivity contribution in [3.05, 3.63) is 36.1 Å². The van der Waals surface area contributed by atoms with Crippen LogP contribution in [0.4, 0.5) is 0 Å². The van der Waals surface area contributed by atoms with E-state index in [0.717, 1.165) is 38.1 Å². The van der Waals surface area contributed by atoms with E-state index >= 15 is 0 Å². The predicted molar refractivity (Wildman–Crippen MR) is 78.3 cm³/mol. The summed E-state index contributed by atoms with van der Waals surface area (Å²) in [5, 5.41) is 10.6. The molecule has 3 rings (SSSR count). The Morgan fingerprint density at radius 3 is 2.89 bits per heavy atom. The summed E-state index contributed by atoms with van der Waals surface area (Å²) in [4.78, 5) is 2.32. The number of fused-ring (bicyclic) bond motifs is 1. The van der Waals surface area contributed by atoms with Crippen LogP contribution >= 0.6 is 0 Å². The average molecular weight is 261 g/mol. The van der Waals surface area contributed by atoms with Gasteiger partial charge in [-0.1, -0.05) is 19.9 Å². The van der Waals surface area contributed by atoms with Gasteiger partial charge in [0.1, 0.15) is 5.58 Å². The Balaban J connectivity index is 0.000000637. The van der Waals surface area contributed by atoms with Crippen molar-refractivity contribution < 1.29 is 9.52 Å². The quantitative estimate of drug-likeness (QED) is 0.922. The number of aliphatic hydroxyl groups excluding tert-OH is 1. The number of benzene rings is 1. The van der Waals surface area contributed by atoms with Gasteiger partial charge in [-0.25, -0.2) is 0 Å². The van der Waals surface area contributed by atoms with Gasteiger partial charge in [0.25, 0.3) is 0 Å². The molecule has 0 aliphatic carbocycles. The number of aliphatic hydroxyl groups is 1. The third kappa shape index (κ3) is 3.58. The highest BCUT2D eigenvalue weighted by atomic mass is 16.3. The highest BCUT2D eigenvalue weighted by molar-refractivity contribution is 5.77. The third-order valence-corrected chi connectivity index (χ3v) is 3.48. The molecule has 1 atom stereocenters. The summed E-state index contributed by atoms with van der Waals surface area (Å²) in [7, 11) is 0. The van der Waals surface area contributed by atoms with E-state index in [2.05, 4.69) is 17.0 Å². The largest absolute Gasteiger partial charge is 0.464 e. The number of furan rings is 1. The maximum absolute atomic E-state index is 9.46. The molecule has 0 amide bonds. The van der Waals surface area contributed by atoms with E-state index in [1.165, 1.54) is 10.9 Å². The van der Waals surface area contributed by atoms with Crippen molar-refractivity contribution >= 4 is 11.0 Å².